The van der Waals surface area contributed by atoms with Gasteiger partial charge in [0, 0.05) is 29.8 Å². The lowest BCUT2D eigenvalue weighted by molar-refractivity contribution is -0.384. The van der Waals surface area contributed by atoms with Crippen molar-refractivity contribution in [3.05, 3.63) is 33.1 Å². The average Bonchev–Trinajstić information content (AvgIpc) is 2.80. The number of thiazole rings is 1. The lowest BCUT2D eigenvalue weighted by Gasteiger charge is -2.11. The number of non-ortho nitro benzene ring substituents is 1. The van der Waals surface area contributed by atoms with E-state index in [1.165, 1.54) is 23.5 Å². The Bertz CT molecular complexity index is 815. The zero-order valence-electron chi connectivity index (χ0n) is 13.5. The Balaban J connectivity index is 2.64. The first-order valence-electron chi connectivity index (χ1n) is 7.10. The standard InChI is InChI=1S/C15H19N3O3S2/c1-15(2,3)13(19)16-14-17(7-8-22-4)11-6-5-10(18(20)21)9-12(11)23-14/h5-6,9H,7-8H2,1-4H3. The van der Waals surface area contributed by atoms with E-state index in [9.17, 15) is 14.9 Å². The third-order valence-electron chi connectivity index (χ3n) is 3.23. The van der Waals surface area contributed by atoms with Crippen molar-refractivity contribution in [1.29, 1.82) is 0 Å². The number of hydrogen-bond acceptors (Lipinski definition) is 5. The van der Waals surface area contributed by atoms with Crippen LogP contribution >= 0.6 is 23.1 Å². The van der Waals surface area contributed by atoms with Crippen molar-refractivity contribution in [1.82, 2.24) is 4.57 Å². The number of nitro benzene ring substituents is 1. The van der Waals surface area contributed by atoms with Crippen LogP contribution in [0.4, 0.5) is 5.69 Å². The Morgan fingerprint density at radius 3 is 2.70 bits per heavy atom. The van der Waals surface area contributed by atoms with Gasteiger partial charge in [-0.05, 0) is 12.3 Å². The lowest BCUT2D eigenvalue weighted by Crippen LogP contribution is -2.24. The molecule has 6 nitrogen and oxygen atoms in total. The Hall–Kier alpha value is -1.67. The second kappa shape index (κ2) is 6.84. The topological polar surface area (TPSA) is 77.5 Å². The minimum atomic E-state index is -0.556. The maximum atomic E-state index is 12.2. The number of nitro groups is 1. The van der Waals surface area contributed by atoms with Gasteiger partial charge in [-0.2, -0.15) is 16.8 Å². The van der Waals surface area contributed by atoms with Gasteiger partial charge in [0.25, 0.3) is 11.6 Å². The quantitative estimate of drug-likeness (QED) is 0.623. The third-order valence-corrected chi connectivity index (χ3v) is 4.87. The number of thioether (sulfide) groups is 1. The van der Waals surface area contributed by atoms with E-state index in [4.69, 9.17) is 0 Å². The number of benzene rings is 1. The summed E-state index contributed by atoms with van der Waals surface area (Å²) >= 11 is 3.01. The van der Waals surface area contributed by atoms with Crippen LogP contribution in [0.5, 0.6) is 0 Å². The Morgan fingerprint density at radius 2 is 2.13 bits per heavy atom. The Labute approximate surface area is 142 Å². The number of aromatic nitrogens is 1. The summed E-state index contributed by atoms with van der Waals surface area (Å²) in [4.78, 5) is 27.6. The molecule has 2 rings (SSSR count). The van der Waals surface area contributed by atoms with Gasteiger partial charge in [-0.1, -0.05) is 32.1 Å². The molecule has 8 heteroatoms. The van der Waals surface area contributed by atoms with Gasteiger partial charge in [-0.15, -0.1) is 0 Å². The number of amides is 1. The molecule has 1 aromatic heterocycles. The molecule has 0 aliphatic carbocycles. The van der Waals surface area contributed by atoms with E-state index in [1.807, 2.05) is 31.6 Å². The zero-order chi connectivity index (χ0) is 17.2. The van der Waals surface area contributed by atoms with E-state index in [0.29, 0.717) is 11.3 Å². The largest absolute Gasteiger partial charge is 0.316 e. The van der Waals surface area contributed by atoms with Gasteiger partial charge < -0.3 is 4.57 Å². The fourth-order valence-electron chi connectivity index (χ4n) is 1.91. The molecule has 0 saturated carbocycles. The molecular weight excluding hydrogens is 334 g/mol. The zero-order valence-corrected chi connectivity index (χ0v) is 15.2. The van der Waals surface area contributed by atoms with Gasteiger partial charge >= 0.3 is 0 Å². The molecule has 0 atom stereocenters. The third kappa shape index (κ3) is 4.00. The summed E-state index contributed by atoms with van der Waals surface area (Å²) in [6.07, 6.45) is 2.01. The number of fused-ring (bicyclic) bond motifs is 1. The lowest BCUT2D eigenvalue weighted by atomic mass is 9.96. The highest BCUT2D eigenvalue weighted by atomic mass is 32.2. The van der Waals surface area contributed by atoms with Crippen LogP contribution in [0.3, 0.4) is 0 Å². The van der Waals surface area contributed by atoms with Crippen LogP contribution in [0.25, 0.3) is 10.2 Å². The summed E-state index contributed by atoms with van der Waals surface area (Å²) in [5.74, 6) is 0.677. The maximum absolute atomic E-state index is 12.2. The fraction of sp³-hybridized carbons (Fsp3) is 0.467. The van der Waals surface area contributed by atoms with Gasteiger partial charge in [0.05, 0.1) is 15.1 Å². The SMILES string of the molecule is CSCCn1c(=NC(=O)C(C)(C)C)sc2cc([N+](=O)[O-])ccc21. The summed E-state index contributed by atoms with van der Waals surface area (Å²) in [7, 11) is 0. The molecule has 0 radical (unpaired) electrons. The predicted octanol–water partition coefficient (Wildman–Crippen LogP) is 3.45. The Kier molecular flexibility index (Phi) is 5.26. The fourth-order valence-corrected chi connectivity index (χ4v) is 3.37. The molecule has 124 valence electrons. The van der Waals surface area contributed by atoms with Crippen molar-refractivity contribution in [2.45, 2.75) is 27.3 Å². The van der Waals surface area contributed by atoms with Crippen molar-refractivity contribution in [3.63, 3.8) is 0 Å². The van der Waals surface area contributed by atoms with Crippen molar-refractivity contribution < 1.29 is 9.72 Å². The van der Waals surface area contributed by atoms with Gasteiger partial charge in [0.15, 0.2) is 4.80 Å². The molecule has 0 unspecified atom stereocenters. The summed E-state index contributed by atoms with van der Waals surface area (Å²) in [6.45, 7) is 6.17. The molecule has 0 fully saturated rings. The second-order valence-electron chi connectivity index (χ2n) is 6.11. The summed E-state index contributed by atoms with van der Waals surface area (Å²) in [5.41, 5.74) is 0.360. The minimum Gasteiger partial charge on any atom is -0.316 e. The summed E-state index contributed by atoms with van der Waals surface area (Å²) in [5, 5.41) is 10.9. The molecule has 1 amide bonds. The van der Waals surface area contributed by atoms with Crippen LogP contribution in [-0.4, -0.2) is 27.4 Å². The number of carbonyl (C=O) groups excluding carboxylic acids is 1. The molecule has 0 aliphatic rings. The highest BCUT2D eigenvalue weighted by molar-refractivity contribution is 7.98. The minimum absolute atomic E-state index is 0.0458. The normalized spacial score (nSPS) is 12.8. The molecule has 0 saturated heterocycles. The van der Waals surface area contributed by atoms with E-state index < -0.39 is 10.3 Å². The molecule has 1 aromatic carbocycles. The molecule has 0 bridgehead atoms. The first-order valence-corrected chi connectivity index (χ1v) is 9.31. The van der Waals surface area contributed by atoms with E-state index in [0.717, 1.165) is 16.0 Å². The van der Waals surface area contributed by atoms with Crippen LogP contribution in [-0.2, 0) is 11.3 Å². The maximum Gasteiger partial charge on any atom is 0.270 e. The smallest absolute Gasteiger partial charge is 0.270 e. The number of hydrogen-bond donors (Lipinski definition) is 0. The van der Waals surface area contributed by atoms with Gasteiger partial charge in [-0.25, -0.2) is 0 Å². The molecule has 1 heterocycles. The average molecular weight is 353 g/mol. The molecule has 0 aliphatic heterocycles. The van der Waals surface area contributed by atoms with Crippen LogP contribution < -0.4 is 4.80 Å². The molecule has 0 spiro atoms. The van der Waals surface area contributed by atoms with Crippen LogP contribution in [0.1, 0.15) is 20.8 Å². The highest BCUT2D eigenvalue weighted by Crippen LogP contribution is 2.24. The monoisotopic (exact) mass is 353 g/mol. The summed E-state index contributed by atoms with van der Waals surface area (Å²) in [6, 6.07) is 4.75. The number of carbonyl (C=O) groups is 1. The summed E-state index contributed by atoms with van der Waals surface area (Å²) < 4.78 is 2.73. The van der Waals surface area contributed by atoms with Crippen LogP contribution in [0.15, 0.2) is 23.2 Å². The van der Waals surface area contributed by atoms with Crippen LogP contribution in [0, 0.1) is 15.5 Å². The molecular formula is C15H19N3O3S2. The predicted molar refractivity (Wildman–Crippen MR) is 94.9 cm³/mol. The number of nitrogens with zero attached hydrogens (tertiary/aromatic N) is 3. The number of rotatable bonds is 4. The van der Waals surface area contributed by atoms with Crippen molar-refractivity contribution in [2.24, 2.45) is 10.4 Å². The Morgan fingerprint density at radius 1 is 1.43 bits per heavy atom. The van der Waals surface area contributed by atoms with Crippen LogP contribution in [0.2, 0.25) is 0 Å². The van der Waals surface area contributed by atoms with Crippen molar-refractivity contribution >= 4 is 44.9 Å². The second-order valence-corrected chi connectivity index (χ2v) is 8.10. The van der Waals surface area contributed by atoms with Gasteiger partial charge in [-0.3, -0.25) is 14.9 Å². The van der Waals surface area contributed by atoms with Gasteiger partial charge in [0.2, 0.25) is 0 Å². The van der Waals surface area contributed by atoms with Gasteiger partial charge in [0.1, 0.15) is 0 Å². The van der Waals surface area contributed by atoms with E-state index in [2.05, 4.69) is 4.99 Å². The van der Waals surface area contributed by atoms with E-state index >= 15 is 0 Å². The van der Waals surface area contributed by atoms with E-state index in [-0.39, 0.29) is 11.6 Å². The van der Waals surface area contributed by atoms with Crippen molar-refractivity contribution in [3.8, 4) is 0 Å². The first kappa shape index (κ1) is 17.7. The molecule has 23 heavy (non-hydrogen) atoms. The first-order chi connectivity index (χ1) is 10.7. The van der Waals surface area contributed by atoms with E-state index in [1.54, 1.807) is 17.8 Å². The highest BCUT2D eigenvalue weighted by Gasteiger charge is 2.21. The molecule has 0 N–H and O–H groups in total. The van der Waals surface area contributed by atoms with Crippen molar-refractivity contribution in [2.75, 3.05) is 12.0 Å². The molecule has 2 aromatic rings. The number of aryl methyl sites for hydroxylation is 1.